The van der Waals surface area contributed by atoms with Crippen LogP contribution in [0.1, 0.15) is 36.0 Å². The van der Waals surface area contributed by atoms with Crippen LogP contribution in [0.25, 0.3) is 0 Å². The normalized spacial score (nSPS) is 26.8. The Kier molecular flexibility index (Phi) is 5.30. The fourth-order valence-corrected chi connectivity index (χ4v) is 3.82. The molecule has 0 aromatic heterocycles. The highest BCUT2D eigenvalue weighted by molar-refractivity contribution is 5.97. The zero-order valence-corrected chi connectivity index (χ0v) is 13.8. The van der Waals surface area contributed by atoms with Gasteiger partial charge in [-0.25, -0.2) is 11.3 Å². The van der Waals surface area contributed by atoms with Gasteiger partial charge < -0.3 is 5.32 Å². The smallest absolute Gasteiger partial charge is 0.258 e. The predicted octanol–water partition coefficient (Wildman–Crippen LogP) is -0.416. The van der Waals surface area contributed by atoms with Gasteiger partial charge in [0.1, 0.15) is 6.04 Å². The summed E-state index contributed by atoms with van der Waals surface area (Å²) in [4.78, 5) is 36.9. The van der Waals surface area contributed by atoms with Crippen molar-refractivity contribution in [3.05, 3.63) is 35.9 Å². The molecule has 8 heteroatoms. The van der Waals surface area contributed by atoms with Gasteiger partial charge in [0.25, 0.3) is 11.8 Å². The largest absolute Gasteiger partial charge is 0.339 e. The van der Waals surface area contributed by atoms with Crippen LogP contribution in [0, 0.1) is 11.8 Å². The second kappa shape index (κ2) is 7.62. The van der Waals surface area contributed by atoms with Gasteiger partial charge in [0.05, 0.1) is 6.04 Å². The standard InChI is InChI=1S/C17H23N5O3/c18-20-17(25)14(19-15(23)10-6-2-1-3-7-10)13-11-8-4-5-9-12(11)16(24)22-21-13/h1-3,6-7,11-14,21H,4-5,8-9,18H2,(H,19,23)(H,20,25)(H,22,24). The van der Waals surface area contributed by atoms with E-state index in [1.54, 1.807) is 24.3 Å². The summed E-state index contributed by atoms with van der Waals surface area (Å²) in [6.45, 7) is 0. The Bertz CT molecular complexity index is 651. The van der Waals surface area contributed by atoms with Crippen LogP contribution in [0.5, 0.6) is 0 Å². The topological polar surface area (TPSA) is 125 Å². The monoisotopic (exact) mass is 345 g/mol. The number of hydrazine groups is 2. The first-order valence-corrected chi connectivity index (χ1v) is 8.53. The summed E-state index contributed by atoms with van der Waals surface area (Å²) in [5.74, 6) is 4.23. The van der Waals surface area contributed by atoms with E-state index >= 15 is 0 Å². The Morgan fingerprint density at radius 1 is 1.16 bits per heavy atom. The van der Waals surface area contributed by atoms with Gasteiger partial charge >= 0.3 is 0 Å². The first kappa shape index (κ1) is 17.4. The van der Waals surface area contributed by atoms with Crippen LogP contribution in [-0.2, 0) is 9.59 Å². The zero-order valence-electron chi connectivity index (χ0n) is 13.8. The van der Waals surface area contributed by atoms with Crippen molar-refractivity contribution in [3.63, 3.8) is 0 Å². The molecule has 3 rings (SSSR count). The Morgan fingerprint density at radius 2 is 1.88 bits per heavy atom. The number of amides is 3. The van der Waals surface area contributed by atoms with Crippen LogP contribution < -0.4 is 27.4 Å². The molecule has 6 N–H and O–H groups in total. The summed E-state index contributed by atoms with van der Waals surface area (Å²) < 4.78 is 0. The molecule has 0 bridgehead atoms. The molecule has 1 saturated carbocycles. The third-order valence-electron chi connectivity index (χ3n) is 5.09. The second-order valence-electron chi connectivity index (χ2n) is 6.54. The lowest BCUT2D eigenvalue weighted by Gasteiger charge is -2.43. The number of hydrogen-bond acceptors (Lipinski definition) is 5. The molecular weight excluding hydrogens is 322 g/mol. The highest BCUT2D eigenvalue weighted by Gasteiger charge is 2.45. The molecule has 1 aromatic carbocycles. The number of rotatable bonds is 4. The number of hydrogen-bond donors (Lipinski definition) is 5. The van der Waals surface area contributed by atoms with Crippen LogP contribution >= 0.6 is 0 Å². The predicted molar refractivity (Wildman–Crippen MR) is 90.5 cm³/mol. The number of nitrogens with one attached hydrogen (secondary N) is 4. The van der Waals surface area contributed by atoms with Crippen molar-refractivity contribution >= 4 is 17.7 Å². The van der Waals surface area contributed by atoms with Crippen LogP contribution in [0.4, 0.5) is 0 Å². The minimum atomic E-state index is -0.885. The summed E-state index contributed by atoms with van der Waals surface area (Å²) in [7, 11) is 0. The highest BCUT2D eigenvalue weighted by atomic mass is 16.2. The third-order valence-corrected chi connectivity index (χ3v) is 5.09. The van der Waals surface area contributed by atoms with Crippen molar-refractivity contribution < 1.29 is 14.4 Å². The number of benzene rings is 1. The lowest BCUT2D eigenvalue weighted by Crippen LogP contribution is -2.69. The molecule has 2 fully saturated rings. The van der Waals surface area contributed by atoms with Crippen LogP contribution in [0.3, 0.4) is 0 Å². The van der Waals surface area contributed by atoms with E-state index in [-0.39, 0.29) is 23.7 Å². The van der Waals surface area contributed by atoms with Crippen molar-refractivity contribution in [2.24, 2.45) is 17.7 Å². The van der Waals surface area contributed by atoms with E-state index in [0.717, 1.165) is 25.7 Å². The zero-order chi connectivity index (χ0) is 17.8. The van der Waals surface area contributed by atoms with Crippen LogP contribution in [-0.4, -0.2) is 29.8 Å². The molecule has 3 amide bonds. The SMILES string of the molecule is NNC(=O)C(NC(=O)c1ccccc1)C1NNC(=O)C2CCCCC21. The Labute approximate surface area is 145 Å². The summed E-state index contributed by atoms with van der Waals surface area (Å²) in [5, 5.41) is 2.76. The summed E-state index contributed by atoms with van der Waals surface area (Å²) in [6.07, 6.45) is 3.60. The highest BCUT2D eigenvalue weighted by Crippen LogP contribution is 2.35. The van der Waals surface area contributed by atoms with Crippen molar-refractivity contribution in [1.82, 2.24) is 21.6 Å². The van der Waals surface area contributed by atoms with Gasteiger partial charge in [0, 0.05) is 11.5 Å². The summed E-state index contributed by atoms with van der Waals surface area (Å²) >= 11 is 0. The lowest BCUT2D eigenvalue weighted by molar-refractivity contribution is -0.136. The molecule has 134 valence electrons. The van der Waals surface area contributed by atoms with Gasteiger partial charge in [-0.3, -0.25) is 25.2 Å². The maximum atomic E-state index is 12.5. The molecule has 25 heavy (non-hydrogen) atoms. The number of nitrogens with two attached hydrogens (primary N) is 1. The molecule has 1 saturated heterocycles. The minimum absolute atomic E-state index is 0.0270. The molecule has 1 aliphatic carbocycles. The average molecular weight is 345 g/mol. The minimum Gasteiger partial charge on any atom is -0.339 e. The molecule has 0 spiro atoms. The number of fused-ring (bicyclic) bond motifs is 1. The van der Waals surface area contributed by atoms with Crippen LogP contribution in [0.2, 0.25) is 0 Å². The van der Waals surface area contributed by atoms with Crippen molar-refractivity contribution in [3.8, 4) is 0 Å². The number of carbonyl (C=O) groups excluding carboxylic acids is 3. The quantitative estimate of drug-likeness (QED) is 0.288. The maximum absolute atomic E-state index is 12.5. The van der Waals surface area contributed by atoms with Crippen LogP contribution in [0.15, 0.2) is 30.3 Å². The third kappa shape index (κ3) is 3.64. The average Bonchev–Trinajstić information content (AvgIpc) is 2.67. The van der Waals surface area contributed by atoms with E-state index in [9.17, 15) is 14.4 Å². The molecule has 8 nitrogen and oxygen atoms in total. The fraction of sp³-hybridized carbons (Fsp3) is 0.471. The van der Waals surface area contributed by atoms with Gasteiger partial charge in [-0.1, -0.05) is 31.0 Å². The van der Waals surface area contributed by atoms with E-state index in [1.807, 2.05) is 6.07 Å². The first-order valence-electron chi connectivity index (χ1n) is 8.53. The van der Waals surface area contributed by atoms with E-state index < -0.39 is 18.0 Å². The van der Waals surface area contributed by atoms with Crippen molar-refractivity contribution in [2.45, 2.75) is 37.8 Å². The molecular formula is C17H23N5O3. The molecule has 0 radical (unpaired) electrons. The van der Waals surface area contributed by atoms with Gasteiger partial charge in [-0.15, -0.1) is 0 Å². The van der Waals surface area contributed by atoms with Gasteiger partial charge in [-0.05, 0) is 30.9 Å². The summed E-state index contributed by atoms with van der Waals surface area (Å²) in [5.41, 5.74) is 8.13. The molecule has 2 aliphatic rings. The van der Waals surface area contributed by atoms with Crippen molar-refractivity contribution in [2.75, 3.05) is 0 Å². The Morgan fingerprint density at radius 3 is 2.60 bits per heavy atom. The van der Waals surface area contributed by atoms with E-state index in [0.29, 0.717) is 5.56 Å². The lowest BCUT2D eigenvalue weighted by atomic mass is 9.72. The van der Waals surface area contributed by atoms with Gasteiger partial charge in [0.2, 0.25) is 5.91 Å². The van der Waals surface area contributed by atoms with E-state index in [4.69, 9.17) is 5.84 Å². The molecule has 4 atom stereocenters. The molecule has 1 heterocycles. The summed E-state index contributed by atoms with van der Waals surface area (Å²) in [6, 6.07) is 7.36. The van der Waals surface area contributed by atoms with Crippen molar-refractivity contribution in [1.29, 1.82) is 0 Å². The van der Waals surface area contributed by atoms with E-state index in [1.165, 1.54) is 0 Å². The Hall–Kier alpha value is -2.45. The Balaban J connectivity index is 1.81. The molecule has 1 aromatic rings. The van der Waals surface area contributed by atoms with Gasteiger partial charge in [0.15, 0.2) is 0 Å². The van der Waals surface area contributed by atoms with Gasteiger partial charge in [-0.2, -0.15) is 0 Å². The molecule has 1 aliphatic heterocycles. The fourth-order valence-electron chi connectivity index (χ4n) is 3.82. The first-order chi connectivity index (χ1) is 12.1. The second-order valence-corrected chi connectivity index (χ2v) is 6.54. The number of carbonyl (C=O) groups is 3. The van der Waals surface area contributed by atoms with E-state index in [2.05, 4.69) is 21.6 Å². The maximum Gasteiger partial charge on any atom is 0.258 e. The molecule has 4 unspecified atom stereocenters.